The van der Waals surface area contributed by atoms with E-state index in [-0.39, 0.29) is 11.6 Å². The monoisotopic (exact) mass is 796 g/mol. The molecule has 58 heavy (non-hydrogen) atoms. The Morgan fingerprint density at radius 3 is 1.29 bits per heavy atom. The van der Waals surface area contributed by atoms with Crippen molar-refractivity contribution in [2.24, 2.45) is 0 Å². The van der Waals surface area contributed by atoms with Crippen molar-refractivity contribution >= 4 is 22.9 Å². The number of benzene rings is 4. The minimum Gasteiger partial charge on any atom is -0.496 e. The first-order valence-corrected chi connectivity index (χ1v) is 20.6. The molecule has 2 aliphatic rings. The summed E-state index contributed by atoms with van der Waals surface area (Å²) in [5.74, 6) is 3.20. The average Bonchev–Trinajstić information content (AvgIpc) is 3.72. The highest BCUT2D eigenvalue weighted by molar-refractivity contribution is 6.27. The Hall–Kier alpha value is -5.46. The predicted molar refractivity (Wildman–Crippen MR) is 231 cm³/mol. The zero-order chi connectivity index (χ0) is 41.9. The first-order valence-electron chi connectivity index (χ1n) is 20.6. The van der Waals surface area contributed by atoms with Gasteiger partial charge in [0, 0.05) is 58.6 Å². The number of hydrogen-bond acceptors (Lipinski definition) is 12. The van der Waals surface area contributed by atoms with Crippen molar-refractivity contribution in [1.82, 2.24) is 9.80 Å². The van der Waals surface area contributed by atoms with Crippen LogP contribution in [0.15, 0.2) is 48.5 Å². The highest BCUT2D eigenvalue weighted by Gasteiger charge is 2.37. The molecule has 6 rings (SSSR count). The third-order valence-corrected chi connectivity index (χ3v) is 10.5. The lowest BCUT2D eigenvalue weighted by Crippen LogP contribution is -2.28. The highest BCUT2D eigenvalue weighted by atomic mass is 16.5. The maximum absolute atomic E-state index is 13.3. The van der Waals surface area contributed by atoms with Gasteiger partial charge in [-0.2, -0.15) is 0 Å². The van der Waals surface area contributed by atoms with Gasteiger partial charge in [0.2, 0.25) is 0 Å². The SMILES string of the molecule is CCCOc1cc(OCC)c(N)c2c1-c1c(OCCN(CC)CC)cccc1C2=O.CCOc1cc(OC)c2c(c1N)C(=O)c1cccc(OCCN(CC)CC)c1-2. The van der Waals surface area contributed by atoms with Gasteiger partial charge in [0.25, 0.3) is 0 Å². The van der Waals surface area contributed by atoms with E-state index in [4.69, 9.17) is 39.9 Å². The molecule has 12 heteroatoms. The van der Waals surface area contributed by atoms with Crippen molar-refractivity contribution in [3.05, 3.63) is 70.8 Å². The van der Waals surface area contributed by atoms with Gasteiger partial charge in [0.05, 0.1) is 49.4 Å². The number of hydrogen-bond donors (Lipinski definition) is 2. The molecule has 4 N–H and O–H groups in total. The third kappa shape index (κ3) is 8.83. The van der Waals surface area contributed by atoms with Crippen LogP contribution in [-0.4, -0.2) is 101 Å². The van der Waals surface area contributed by atoms with E-state index in [2.05, 4.69) is 37.5 Å². The van der Waals surface area contributed by atoms with Gasteiger partial charge >= 0.3 is 0 Å². The summed E-state index contributed by atoms with van der Waals surface area (Å²) in [7, 11) is 1.58. The van der Waals surface area contributed by atoms with Gasteiger partial charge in [-0.25, -0.2) is 0 Å². The Bertz CT molecular complexity index is 2080. The van der Waals surface area contributed by atoms with Gasteiger partial charge < -0.3 is 49.7 Å². The van der Waals surface area contributed by atoms with Crippen LogP contribution in [0.25, 0.3) is 22.3 Å². The van der Waals surface area contributed by atoms with Crippen molar-refractivity contribution in [2.45, 2.75) is 54.9 Å². The maximum Gasteiger partial charge on any atom is 0.196 e. The van der Waals surface area contributed by atoms with Gasteiger partial charge in [0.1, 0.15) is 47.7 Å². The Morgan fingerprint density at radius 1 is 0.483 bits per heavy atom. The number of fused-ring (bicyclic) bond motifs is 6. The number of nitrogens with two attached hydrogens (primary N) is 2. The van der Waals surface area contributed by atoms with E-state index in [0.29, 0.717) is 112 Å². The van der Waals surface area contributed by atoms with Crippen molar-refractivity contribution in [1.29, 1.82) is 0 Å². The van der Waals surface area contributed by atoms with Gasteiger partial charge in [0.15, 0.2) is 11.6 Å². The van der Waals surface area contributed by atoms with E-state index in [0.717, 1.165) is 56.8 Å². The van der Waals surface area contributed by atoms with E-state index < -0.39 is 0 Å². The largest absolute Gasteiger partial charge is 0.496 e. The standard InChI is InChI=1S/C24H32N2O4.C22H28N2O4/c1-5-13-29-18-15-19(28-8-4)23(25)22-21(18)20-16(24(22)27)10-9-11-17(20)30-14-12-26(6-2)7-3;1-5-24(6-2)11-12-28-15-10-8-9-14-18(15)19-16(26-4)13-17(27-7-3)21(23)20(19)22(14)25/h9-11,15H,5-8,12-14,25H2,1-4H3;8-10,13H,5-7,11-12,23H2,1-4H3. The third-order valence-electron chi connectivity index (χ3n) is 10.5. The molecular formula is C46H60N4O8. The number of nitrogen functional groups attached to an aromatic ring is 2. The Balaban J connectivity index is 0.000000221. The molecule has 312 valence electrons. The first-order chi connectivity index (χ1) is 28.1. The van der Waals surface area contributed by atoms with Gasteiger partial charge in [-0.3, -0.25) is 9.59 Å². The van der Waals surface area contributed by atoms with Crippen LogP contribution >= 0.6 is 0 Å². The molecule has 0 aromatic heterocycles. The van der Waals surface area contributed by atoms with E-state index in [1.807, 2.05) is 51.1 Å². The summed E-state index contributed by atoms with van der Waals surface area (Å²) in [6.45, 7) is 22.4. The van der Waals surface area contributed by atoms with Crippen molar-refractivity contribution < 1.29 is 38.0 Å². The second-order valence-corrected chi connectivity index (χ2v) is 13.8. The molecule has 0 saturated carbocycles. The van der Waals surface area contributed by atoms with Gasteiger partial charge in [-0.05, 0) is 58.6 Å². The lowest BCUT2D eigenvalue weighted by atomic mass is 10.0. The quantitative estimate of drug-likeness (QED) is 0.0722. The molecule has 4 aromatic carbocycles. The van der Waals surface area contributed by atoms with Crippen molar-refractivity contribution in [3.8, 4) is 56.8 Å². The minimum absolute atomic E-state index is 0.116. The smallest absolute Gasteiger partial charge is 0.196 e. The lowest BCUT2D eigenvalue weighted by Gasteiger charge is -2.20. The molecule has 2 aliphatic carbocycles. The Labute approximate surface area is 343 Å². The lowest BCUT2D eigenvalue weighted by molar-refractivity contribution is 0.103. The van der Waals surface area contributed by atoms with Crippen LogP contribution in [0.1, 0.15) is 86.7 Å². The van der Waals surface area contributed by atoms with Crippen LogP contribution < -0.4 is 39.9 Å². The second kappa shape index (κ2) is 20.3. The molecule has 0 heterocycles. The van der Waals surface area contributed by atoms with Gasteiger partial charge in [-0.15, -0.1) is 0 Å². The maximum atomic E-state index is 13.3. The van der Waals surface area contributed by atoms with E-state index in [1.165, 1.54) is 0 Å². The molecule has 12 nitrogen and oxygen atoms in total. The average molecular weight is 797 g/mol. The molecule has 0 fully saturated rings. The number of methoxy groups -OCH3 is 1. The molecule has 0 spiro atoms. The zero-order valence-corrected chi connectivity index (χ0v) is 35.4. The van der Waals surface area contributed by atoms with Crippen LogP contribution in [0, 0.1) is 0 Å². The van der Waals surface area contributed by atoms with E-state index in [1.54, 1.807) is 25.3 Å². The number of carbonyl (C=O) groups excluding carboxylic acids is 2. The van der Waals surface area contributed by atoms with E-state index in [9.17, 15) is 9.59 Å². The number of anilines is 2. The molecule has 0 aliphatic heterocycles. The topological polar surface area (TPSA) is 148 Å². The zero-order valence-electron chi connectivity index (χ0n) is 35.4. The number of ether oxygens (including phenoxy) is 6. The molecule has 0 amide bonds. The summed E-state index contributed by atoms with van der Waals surface area (Å²) in [4.78, 5) is 31.0. The summed E-state index contributed by atoms with van der Waals surface area (Å²) in [5.41, 5.74) is 18.3. The normalized spacial score (nSPS) is 12.1. The van der Waals surface area contributed by atoms with Crippen LogP contribution in [0.2, 0.25) is 0 Å². The van der Waals surface area contributed by atoms with Crippen LogP contribution in [0.5, 0.6) is 34.5 Å². The fourth-order valence-corrected chi connectivity index (χ4v) is 7.42. The fourth-order valence-electron chi connectivity index (χ4n) is 7.42. The summed E-state index contributed by atoms with van der Waals surface area (Å²) in [6, 6.07) is 14.6. The number of rotatable bonds is 20. The second-order valence-electron chi connectivity index (χ2n) is 13.8. The Kier molecular flexibility index (Phi) is 15.3. The molecule has 0 bridgehead atoms. The number of nitrogens with zero attached hydrogens (tertiary/aromatic N) is 2. The van der Waals surface area contributed by atoms with Crippen molar-refractivity contribution in [3.63, 3.8) is 0 Å². The van der Waals surface area contributed by atoms with Gasteiger partial charge in [-0.1, -0.05) is 58.9 Å². The number of ketones is 2. The molecule has 4 aromatic rings. The van der Waals surface area contributed by atoms with E-state index >= 15 is 0 Å². The summed E-state index contributed by atoms with van der Waals surface area (Å²) in [6.07, 6.45) is 0.853. The summed E-state index contributed by atoms with van der Waals surface area (Å²) in [5, 5.41) is 0. The first kappa shape index (κ1) is 43.7. The van der Waals surface area contributed by atoms with Crippen LogP contribution in [0.4, 0.5) is 11.4 Å². The molecular weight excluding hydrogens is 737 g/mol. The molecule has 0 unspecified atom stereocenters. The minimum atomic E-state index is -0.128. The van der Waals surface area contributed by atoms with Crippen LogP contribution in [-0.2, 0) is 0 Å². The highest BCUT2D eigenvalue weighted by Crippen LogP contribution is 2.53. The molecule has 0 radical (unpaired) electrons. The van der Waals surface area contributed by atoms with Crippen molar-refractivity contribution in [2.75, 3.05) is 90.9 Å². The Morgan fingerprint density at radius 2 is 0.897 bits per heavy atom. The molecule has 0 atom stereocenters. The number of likely N-dealkylation sites (N-methyl/N-ethyl adjacent to an activating group) is 2. The molecule has 0 saturated heterocycles. The summed E-state index contributed by atoms with van der Waals surface area (Å²) >= 11 is 0. The fraction of sp³-hybridized carbons (Fsp3) is 0.435. The number of carbonyl (C=O) groups is 2. The summed E-state index contributed by atoms with van der Waals surface area (Å²) < 4.78 is 35.1. The van der Waals surface area contributed by atoms with Crippen LogP contribution in [0.3, 0.4) is 0 Å². The predicted octanol–water partition coefficient (Wildman–Crippen LogP) is 8.00.